The number of hydrogen-bond acceptors (Lipinski definition) is 1. The van der Waals surface area contributed by atoms with Crippen LogP contribution in [-0.4, -0.2) is 24.0 Å². The Morgan fingerprint density at radius 1 is 1.41 bits per heavy atom. The number of nitrogens with zero attached hydrogens (tertiary/aromatic N) is 1. The molecule has 0 aromatic carbocycles. The predicted octanol–water partition coefficient (Wildman–Crippen LogP) is 3.33. The minimum atomic E-state index is 0.0822. The maximum Gasteiger partial charge on any atom is 0.0965 e. The van der Waals surface area contributed by atoms with Gasteiger partial charge in [-0.1, -0.05) is 56.7 Å². The fraction of sp³-hybridized carbons (Fsp3) is 0.375. The first-order valence-corrected chi connectivity index (χ1v) is 6.17. The van der Waals surface area contributed by atoms with Gasteiger partial charge in [-0.2, -0.15) is 0 Å². The van der Waals surface area contributed by atoms with Crippen molar-refractivity contribution >= 4 is 0 Å². The summed E-state index contributed by atoms with van der Waals surface area (Å²) in [7, 11) is 0. The Hall–Kier alpha value is -1.52. The molecule has 1 unspecified atom stereocenters. The molecule has 0 bridgehead atoms. The number of allylic oxidation sites excluding steroid dienone is 5. The topological polar surface area (TPSA) is 3.24 Å². The minimum absolute atomic E-state index is 0.0822. The number of rotatable bonds is 5. The lowest BCUT2D eigenvalue weighted by atomic mass is 10.0. The van der Waals surface area contributed by atoms with Gasteiger partial charge >= 0.3 is 0 Å². The van der Waals surface area contributed by atoms with Gasteiger partial charge < -0.3 is 0 Å². The lowest BCUT2D eigenvalue weighted by Crippen LogP contribution is -2.35. The fourth-order valence-electron chi connectivity index (χ4n) is 2.01. The monoisotopic (exact) mass is 227 g/mol. The van der Waals surface area contributed by atoms with Gasteiger partial charge in [-0.05, 0) is 30.7 Å². The lowest BCUT2D eigenvalue weighted by molar-refractivity contribution is 0.288. The fourth-order valence-corrected chi connectivity index (χ4v) is 2.01. The molecule has 0 radical (unpaired) electrons. The Balaban J connectivity index is 2.89. The molecule has 0 aliphatic heterocycles. The zero-order valence-electron chi connectivity index (χ0n) is 10.8. The molecular weight excluding hydrogens is 206 g/mol. The Kier molecular flexibility index (Phi) is 5.52. The van der Waals surface area contributed by atoms with Crippen molar-refractivity contribution in [1.29, 1.82) is 0 Å². The quantitative estimate of drug-likeness (QED) is 0.651. The van der Waals surface area contributed by atoms with E-state index in [2.05, 4.69) is 55.6 Å². The normalized spacial score (nSPS) is 16.8. The second kappa shape index (κ2) is 6.93. The lowest BCUT2D eigenvalue weighted by Gasteiger charge is -2.26. The van der Waals surface area contributed by atoms with Crippen molar-refractivity contribution in [3.8, 4) is 12.3 Å². The van der Waals surface area contributed by atoms with E-state index in [1.165, 1.54) is 5.57 Å². The summed E-state index contributed by atoms with van der Waals surface area (Å²) in [6.07, 6.45) is 17.0. The molecule has 0 aromatic heterocycles. The van der Waals surface area contributed by atoms with Crippen molar-refractivity contribution < 1.29 is 0 Å². The third-order valence-corrected chi connectivity index (χ3v) is 3.06. The third kappa shape index (κ3) is 3.47. The summed E-state index contributed by atoms with van der Waals surface area (Å²) in [5, 5.41) is 0. The maximum absolute atomic E-state index is 5.67. The van der Waals surface area contributed by atoms with E-state index in [0.29, 0.717) is 0 Å². The summed E-state index contributed by atoms with van der Waals surface area (Å²) < 4.78 is 0. The molecule has 0 heterocycles. The standard InChI is InChI=1S/C16H21N/c1-5-14-10-9-11-15(13-12-14)16(6-2)17(7-3)8-4/h2,5,10-13,16H,1,7-9H2,3-4H3. The predicted molar refractivity (Wildman–Crippen MR) is 75.7 cm³/mol. The average Bonchev–Trinajstić information content (AvgIpc) is 2.61. The molecule has 90 valence electrons. The summed E-state index contributed by atoms with van der Waals surface area (Å²) >= 11 is 0. The van der Waals surface area contributed by atoms with Crippen molar-refractivity contribution in [2.45, 2.75) is 26.3 Å². The maximum atomic E-state index is 5.67. The van der Waals surface area contributed by atoms with Crippen LogP contribution in [0.2, 0.25) is 0 Å². The van der Waals surface area contributed by atoms with Gasteiger partial charge in [-0.3, -0.25) is 4.90 Å². The SMILES string of the molecule is C#CC(C1=CCC=C(C=C)C=C1)N(CC)CC. The van der Waals surface area contributed by atoms with Crippen molar-refractivity contribution in [3.05, 3.63) is 48.1 Å². The van der Waals surface area contributed by atoms with Gasteiger partial charge in [0.1, 0.15) is 0 Å². The van der Waals surface area contributed by atoms with E-state index in [1.54, 1.807) is 0 Å². The first-order chi connectivity index (χ1) is 8.26. The minimum Gasteiger partial charge on any atom is -0.287 e. The van der Waals surface area contributed by atoms with Crippen molar-refractivity contribution in [2.75, 3.05) is 13.1 Å². The largest absolute Gasteiger partial charge is 0.287 e. The van der Waals surface area contributed by atoms with Gasteiger partial charge in [0.15, 0.2) is 0 Å². The third-order valence-electron chi connectivity index (χ3n) is 3.06. The summed E-state index contributed by atoms with van der Waals surface area (Å²) in [4.78, 5) is 2.29. The summed E-state index contributed by atoms with van der Waals surface area (Å²) in [5.74, 6) is 2.89. The van der Waals surface area contributed by atoms with Crippen LogP contribution in [0.4, 0.5) is 0 Å². The number of terminal acetylenes is 1. The molecule has 0 fully saturated rings. The number of likely N-dealkylation sites (N-methyl/N-ethyl adjacent to an activating group) is 1. The molecule has 1 nitrogen and oxygen atoms in total. The first-order valence-electron chi connectivity index (χ1n) is 6.17. The molecule has 1 aliphatic rings. The van der Waals surface area contributed by atoms with Gasteiger partial charge in [0.05, 0.1) is 6.04 Å². The van der Waals surface area contributed by atoms with Crippen molar-refractivity contribution in [1.82, 2.24) is 4.90 Å². The highest BCUT2D eigenvalue weighted by atomic mass is 15.1. The molecular formula is C16H21N. The summed E-state index contributed by atoms with van der Waals surface area (Å²) in [6, 6.07) is 0.0822. The van der Waals surface area contributed by atoms with Crippen LogP contribution < -0.4 is 0 Å². The highest BCUT2D eigenvalue weighted by Gasteiger charge is 2.16. The van der Waals surface area contributed by atoms with E-state index in [9.17, 15) is 0 Å². The highest BCUT2D eigenvalue weighted by molar-refractivity contribution is 5.41. The van der Waals surface area contributed by atoms with Crippen molar-refractivity contribution in [3.63, 3.8) is 0 Å². The molecule has 0 saturated heterocycles. The van der Waals surface area contributed by atoms with E-state index in [1.807, 2.05) is 6.08 Å². The Morgan fingerprint density at radius 2 is 2.12 bits per heavy atom. The molecule has 0 saturated carbocycles. The van der Waals surface area contributed by atoms with E-state index in [0.717, 1.165) is 25.1 Å². The van der Waals surface area contributed by atoms with Crippen LogP contribution in [-0.2, 0) is 0 Å². The average molecular weight is 227 g/mol. The van der Waals surface area contributed by atoms with Gasteiger partial charge in [-0.25, -0.2) is 0 Å². The van der Waals surface area contributed by atoms with Crippen molar-refractivity contribution in [2.24, 2.45) is 0 Å². The van der Waals surface area contributed by atoms with Crippen LogP contribution in [0, 0.1) is 12.3 Å². The first kappa shape index (κ1) is 13.5. The highest BCUT2D eigenvalue weighted by Crippen LogP contribution is 2.17. The van der Waals surface area contributed by atoms with E-state index in [-0.39, 0.29) is 6.04 Å². The van der Waals surface area contributed by atoms with Crippen LogP contribution in [0.5, 0.6) is 0 Å². The second-order valence-electron chi connectivity index (χ2n) is 3.97. The van der Waals surface area contributed by atoms with Gasteiger partial charge in [-0.15, -0.1) is 6.42 Å². The van der Waals surface area contributed by atoms with Crippen LogP contribution in [0.15, 0.2) is 48.1 Å². The Bertz CT molecular complexity index is 386. The van der Waals surface area contributed by atoms with Crippen LogP contribution in [0.1, 0.15) is 20.3 Å². The molecule has 1 rings (SSSR count). The van der Waals surface area contributed by atoms with Crippen LogP contribution in [0.25, 0.3) is 0 Å². The Morgan fingerprint density at radius 3 is 2.65 bits per heavy atom. The number of hydrogen-bond donors (Lipinski definition) is 0. The molecule has 1 heteroatoms. The molecule has 1 atom stereocenters. The molecule has 0 spiro atoms. The van der Waals surface area contributed by atoms with E-state index in [4.69, 9.17) is 6.42 Å². The smallest absolute Gasteiger partial charge is 0.0965 e. The van der Waals surface area contributed by atoms with Crippen LogP contribution in [0.3, 0.4) is 0 Å². The summed E-state index contributed by atoms with van der Waals surface area (Å²) in [5.41, 5.74) is 2.37. The molecule has 0 aromatic rings. The van der Waals surface area contributed by atoms with Gasteiger partial charge in [0, 0.05) is 0 Å². The zero-order valence-corrected chi connectivity index (χ0v) is 10.8. The van der Waals surface area contributed by atoms with Gasteiger partial charge in [0.2, 0.25) is 0 Å². The zero-order chi connectivity index (χ0) is 12.7. The van der Waals surface area contributed by atoms with E-state index >= 15 is 0 Å². The summed E-state index contributed by atoms with van der Waals surface area (Å²) in [6.45, 7) is 10.0. The molecule has 0 N–H and O–H groups in total. The van der Waals surface area contributed by atoms with Gasteiger partial charge in [0.25, 0.3) is 0 Å². The van der Waals surface area contributed by atoms with Crippen LogP contribution >= 0.6 is 0 Å². The van der Waals surface area contributed by atoms with E-state index < -0.39 is 0 Å². The molecule has 17 heavy (non-hydrogen) atoms. The Labute approximate surface area is 105 Å². The molecule has 1 aliphatic carbocycles. The molecule has 0 amide bonds. The second-order valence-corrected chi connectivity index (χ2v) is 3.97.